The Morgan fingerprint density at radius 1 is 1.32 bits per heavy atom. The second kappa shape index (κ2) is 6.29. The Labute approximate surface area is 143 Å². The van der Waals surface area contributed by atoms with Crippen LogP contribution in [0.1, 0.15) is 32.4 Å². The molecule has 0 saturated heterocycles. The molecule has 0 bridgehead atoms. The van der Waals surface area contributed by atoms with E-state index >= 15 is 0 Å². The highest BCUT2D eigenvalue weighted by Crippen LogP contribution is 2.19. The largest absolute Gasteiger partial charge is 0.387 e. The molecule has 0 saturated carbocycles. The van der Waals surface area contributed by atoms with Crippen molar-refractivity contribution in [1.82, 2.24) is 19.7 Å². The van der Waals surface area contributed by atoms with Gasteiger partial charge < -0.3 is 10.4 Å². The van der Waals surface area contributed by atoms with E-state index in [4.69, 9.17) is 0 Å². The van der Waals surface area contributed by atoms with Gasteiger partial charge in [-0.2, -0.15) is 10.1 Å². The number of hydrogen-bond acceptors (Lipinski definition) is 5. The third kappa shape index (κ3) is 3.53. The number of benzene rings is 1. The Morgan fingerprint density at radius 3 is 2.64 bits per heavy atom. The number of aliphatic hydroxyl groups excluding tert-OH is 1. The van der Waals surface area contributed by atoms with Gasteiger partial charge in [-0.25, -0.2) is 9.07 Å². The highest BCUT2D eigenvalue weighted by molar-refractivity contribution is 5.74. The van der Waals surface area contributed by atoms with Gasteiger partial charge in [-0.3, -0.25) is 9.78 Å². The standard InChI is InChI=1S/C17H20FN5O2/c1-17(2,3)23-14-12(8-20-23)15(25)22-16(21-14)19-9-13(24)10-4-6-11(18)7-5-10/h4-8,13,24H,9H2,1-3H3,(H2,19,21,22,25). The van der Waals surface area contributed by atoms with Crippen molar-refractivity contribution in [2.24, 2.45) is 0 Å². The molecule has 1 unspecified atom stereocenters. The molecule has 8 heteroatoms. The number of halogens is 1. The number of aromatic nitrogens is 4. The molecule has 2 aromatic heterocycles. The second-order valence-corrected chi connectivity index (χ2v) is 6.83. The molecule has 0 radical (unpaired) electrons. The summed E-state index contributed by atoms with van der Waals surface area (Å²) in [5, 5.41) is 17.7. The molecule has 3 aromatic rings. The van der Waals surface area contributed by atoms with E-state index in [0.29, 0.717) is 16.6 Å². The van der Waals surface area contributed by atoms with Gasteiger partial charge >= 0.3 is 0 Å². The van der Waals surface area contributed by atoms with Gasteiger partial charge in [0, 0.05) is 6.54 Å². The van der Waals surface area contributed by atoms with Crippen molar-refractivity contribution >= 4 is 17.0 Å². The number of nitrogens with zero attached hydrogens (tertiary/aromatic N) is 3. The Bertz CT molecular complexity index is 940. The van der Waals surface area contributed by atoms with Crippen molar-refractivity contribution in [1.29, 1.82) is 0 Å². The third-order valence-corrected chi connectivity index (χ3v) is 3.79. The van der Waals surface area contributed by atoms with E-state index in [9.17, 15) is 14.3 Å². The van der Waals surface area contributed by atoms with Crippen LogP contribution in [0.15, 0.2) is 35.3 Å². The van der Waals surface area contributed by atoms with Crippen molar-refractivity contribution in [3.8, 4) is 0 Å². The lowest BCUT2D eigenvalue weighted by Gasteiger charge is -2.20. The van der Waals surface area contributed by atoms with Crippen molar-refractivity contribution < 1.29 is 9.50 Å². The van der Waals surface area contributed by atoms with Crippen LogP contribution >= 0.6 is 0 Å². The molecule has 0 spiro atoms. The van der Waals surface area contributed by atoms with Crippen molar-refractivity contribution in [2.45, 2.75) is 32.4 Å². The summed E-state index contributed by atoms with van der Waals surface area (Å²) in [6.07, 6.45) is 0.623. The van der Waals surface area contributed by atoms with Crippen molar-refractivity contribution in [3.05, 3.63) is 52.2 Å². The zero-order valence-corrected chi connectivity index (χ0v) is 14.2. The molecule has 25 heavy (non-hydrogen) atoms. The highest BCUT2D eigenvalue weighted by Gasteiger charge is 2.20. The predicted octanol–water partition coefficient (Wildman–Crippen LogP) is 2.16. The van der Waals surface area contributed by atoms with Gasteiger partial charge in [-0.15, -0.1) is 0 Å². The number of hydrogen-bond donors (Lipinski definition) is 3. The van der Waals surface area contributed by atoms with Gasteiger partial charge in [0.2, 0.25) is 5.95 Å². The molecule has 0 aliphatic heterocycles. The van der Waals surface area contributed by atoms with E-state index in [0.717, 1.165) is 0 Å². The quantitative estimate of drug-likeness (QED) is 0.673. The normalized spacial score (nSPS) is 13.2. The summed E-state index contributed by atoms with van der Waals surface area (Å²) in [4.78, 5) is 19.2. The van der Waals surface area contributed by atoms with E-state index in [1.807, 2.05) is 20.8 Å². The monoisotopic (exact) mass is 345 g/mol. The van der Waals surface area contributed by atoms with Gasteiger partial charge in [-0.05, 0) is 38.5 Å². The molecule has 0 amide bonds. The molecule has 2 heterocycles. The van der Waals surface area contributed by atoms with E-state index in [2.05, 4.69) is 20.4 Å². The summed E-state index contributed by atoms with van der Waals surface area (Å²) < 4.78 is 14.6. The second-order valence-electron chi connectivity index (χ2n) is 6.83. The Morgan fingerprint density at radius 2 is 2.00 bits per heavy atom. The van der Waals surface area contributed by atoms with Gasteiger partial charge in [0.1, 0.15) is 11.2 Å². The first kappa shape index (κ1) is 17.1. The number of aromatic amines is 1. The molecular weight excluding hydrogens is 325 g/mol. The average molecular weight is 345 g/mol. The average Bonchev–Trinajstić information content (AvgIpc) is 2.98. The Hall–Kier alpha value is -2.74. The third-order valence-electron chi connectivity index (χ3n) is 3.79. The lowest BCUT2D eigenvalue weighted by atomic mass is 10.1. The van der Waals surface area contributed by atoms with Gasteiger partial charge in [0.15, 0.2) is 5.65 Å². The molecule has 7 nitrogen and oxygen atoms in total. The molecule has 0 aliphatic carbocycles. The molecule has 132 valence electrons. The van der Waals surface area contributed by atoms with E-state index in [1.165, 1.54) is 30.5 Å². The molecule has 0 fully saturated rings. The zero-order chi connectivity index (χ0) is 18.2. The maximum atomic E-state index is 12.9. The van der Waals surface area contributed by atoms with Crippen LogP contribution in [0.4, 0.5) is 10.3 Å². The van der Waals surface area contributed by atoms with Crippen LogP contribution in [0.2, 0.25) is 0 Å². The van der Waals surface area contributed by atoms with Crippen LogP contribution in [0.25, 0.3) is 11.0 Å². The lowest BCUT2D eigenvalue weighted by molar-refractivity contribution is 0.191. The minimum absolute atomic E-state index is 0.115. The predicted molar refractivity (Wildman–Crippen MR) is 93.0 cm³/mol. The summed E-state index contributed by atoms with van der Waals surface area (Å²) >= 11 is 0. The molecule has 1 aromatic carbocycles. The van der Waals surface area contributed by atoms with E-state index < -0.39 is 6.10 Å². The van der Waals surface area contributed by atoms with Crippen molar-refractivity contribution in [2.75, 3.05) is 11.9 Å². The molecule has 3 N–H and O–H groups in total. The highest BCUT2D eigenvalue weighted by atomic mass is 19.1. The van der Waals surface area contributed by atoms with E-state index in [-0.39, 0.29) is 29.4 Å². The Balaban J connectivity index is 1.84. The molecule has 0 aliphatic rings. The number of nitrogens with one attached hydrogen (secondary N) is 2. The maximum absolute atomic E-state index is 12.9. The lowest BCUT2D eigenvalue weighted by Crippen LogP contribution is -2.24. The maximum Gasteiger partial charge on any atom is 0.263 e. The molecule has 3 rings (SSSR count). The van der Waals surface area contributed by atoms with Crippen LogP contribution in [-0.4, -0.2) is 31.4 Å². The van der Waals surface area contributed by atoms with Gasteiger partial charge in [0.05, 0.1) is 17.8 Å². The summed E-state index contributed by atoms with van der Waals surface area (Å²) in [6.45, 7) is 6.01. The summed E-state index contributed by atoms with van der Waals surface area (Å²) in [5.41, 5.74) is 0.402. The number of H-pyrrole nitrogens is 1. The topological polar surface area (TPSA) is 95.8 Å². The Kier molecular flexibility index (Phi) is 4.30. The summed E-state index contributed by atoms with van der Waals surface area (Å²) in [5.74, 6) is -0.125. The number of fused-ring (bicyclic) bond motifs is 1. The minimum Gasteiger partial charge on any atom is -0.387 e. The van der Waals surface area contributed by atoms with Crippen LogP contribution < -0.4 is 10.9 Å². The summed E-state index contributed by atoms with van der Waals surface area (Å²) in [6, 6.07) is 5.59. The van der Waals surface area contributed by atoms with Crippen LogP contribution in [0.5, 0.6) is 0 Å². The van der Waals surface area contributed by atoms with Crippen LogP contribution in [-0.2, 0) is 5.54 Å². The fourth-order valence-electron chi connectivity index (χ4n) is 2.49. The first-order chi connectivity index (χ1) is 11.8. The minimum atomic E-state index is -0.867. The van der Waals surface area contributed by atoms with Crippen LogP contribution in [0, 0.1) is 5.82 Å². The molecular formula is C17H20FN5O2. The SMILES string of the molecule is CC(C)(C)n1ncc2c(=O)[nH]c(NCC(O)c3ccc(F)cc3)nc21. The summed E-state index contributed by atoms with van der Waals surface area (Å²) in [7, 11) is 0. The first-order valence-electron chi connectivity index (χ1n) is 7.91. The van der Waals surface area contributed by atoms with Crippen molar-refractivity contribution in [3.63, 3.8) is 0 Å². The zero-order valence-electron chi connectivity index (χ0n) is 14.2. The fourth-order valence-corrected chi connectivity index (χ4v) is 2.49. The van der Waals surface area contributed by atoms with E-state index in [1.54, 1.807) is 4.68 Å². The fraction of sp³-hybridized carbons (Fsp3) is 0.353. The van der Waals surface area contributed by atoms with Gasteiger partial charge in [-0.1, -0.05) is 12.1 Å². The number of rotatable bonds is 4. The molecule has 1 atom stereocenters. The smallest absolute Gasteiger partial charge is 0.263 e. The van der Waals surface area contributed by atoms with Gasteiger partial charge in [0.25, 0.3) is 5.56 Å². The van der Waals surface area contributed by atoms with Crippen LogP contribution in [0.3, 0.4) is 0 Å². The first-order valence-corrected chi connectivity index (χ1v) is 7.91. The number of aliphatic hydroxyl groups is 1. The number of anilines is 1.